The largest absolute Gasteiger partial charge is 0.417 e. The van der Waals surface area contributed by atoms with Gasteiger partial charge in [0.1, 0.15) is 5.82 Å². The predicted octanol–water partition coefficient (Wildman–Crippen LogP) is 1.99. The molecule has 1 rings (SSSR count). The summed E-state index contributed by atoms with van der Waals surface area (Å²) in [6.45, 7) is 1.48. The Hall–Kier alpha value is -1.26. The highest BCUT2D eigenvalue weighted by molar-refractivity contribution is 5.40. The molecule has 1 aromatic rings. The van der Waals surface area contributed by atoms with Crippen LogP contribution in [0.2, 0.25) is 0 Å². The van der Waals surface area contributed by atoms with Crippen molar-refractivity contribution in [2.45, 2.75) is 13.1 Å². The summed E-state index contributed by atoms with van der Waals surface area (Å²) in [5.41, 5.74) is 4.82. The van der Waals surface area contributed by atoms with Crippen molar-refractivity contribution >= 4 is 5.82 Å². The molecule has 0 aliphatic heterocycles. The standard InChI is InChI=1S/C7H7F3N2/c1-4-2-5(7(8,9)10)3-12-6(4)11/h2-3H,1H3,(H2,11,12). The summed E-state index contributed by atoms with van der Waals surface area (Å²) in [6, 6.07) is 0.975. The molecular weight excluding hydrogens is 169 g/mol. The van der Waals surface area contributed by atoms with Crippen molar-refractivity contribution in [1.82, 2.24) is 4.98 Å². The van der Waals surface area contributed by atoms with Crippen molar-refractivity contribution in [2.75, 3.05) is 5.73 Å². The summed E-state index contributed by atoms with van der Waals surface area (Å²) in [5.74, 6) is 0.128. The number of aromatic nitrogens is 1. The number of aryl methyl sites for hydroxylation is 1. The van der Waals surface area contributed by atoms with Gasteiger partial charge in [0.15, 0.2) is 0 Å². The maximum absolute atomic E-state index is 12.0. The second kappa shape index (κ2) is 2.66. The smallest absolute Gasteiger partial charge is 0.383 e. The molecule has 0 aliphatic rings. The van der Waals surface area contributed by atoms with Gasteiger partial charge in [0.2, 0.25) is 0 Å². The van der Waals surface area contributed by atoms with E-state index >= 15 is 0 Å². The Morgan fingerprint density at radius 1 is 1.42 bits per heavy atom. The van der Waals surface area contributed by atoms with Gasteiger partial charge < -0.3 is 5.73 Å². The van der Waals surface area contributed by atoms with E-state index < -0.39 is 11.7 Å². The lowest BCUT2D eigenvalue weighted by molar-refractivity contribution is -0.137. The molecule has 1 heterocycles. The van der Waals surface area contributed by atoms with Crippen LogP contribution in [0.15, 0.2) is 12.3 Å². The van der Waals surface area contributed by atoms with E-state index in [-0.39, 0.29) is 5.82 Å². The topological polar surface area (TPSA) is 38.9 Å². The van der Waals surface area contributed by atoms with Crippen molar-refractivity contribution < 1.29 is 13.2 Å². The molecule has 0 saturated carbocycles. The molecule has 0 unspecified atom stereocenters. The molecule has 2 nitrogen and oxygen atoms in total. The van der Waals surface area contributed by atoms with E-state index in [1.807, 2.05) is 0 Å². The van der Waals surface area contributed by atoms with E-state index in [1.54, 1.807) is 0 Å². The number of anilines is 1. The Kier molecular flexibility index (Phi) is 1.95. The average molecular weight is 176 g/mol. The van der Waals surface area contributed by atoms with Crippen LogP contribution in [0.25, 0.3) is 0 Å². The molecule has 0 amide bonds. The van der Waals surface area contributed by atoms with Gasteiger partial charge >= 0.3 is 6.18 Å². The number of alkyl halides is 3. The monoisotopic (exact) mass is 176 g/mol. The first kappa shape index (κ1) is 8.83. The van der Waals surface area contributed by atoms with Gasteiger partial charge in [-0.1, -0.05) is 0 Å². The number of pyridine rings is 1. The molecule has 0 atom stereocenters. The minimum atomic E-state index is -4.34. The number of hydrogen-bond donors (Lipinski definition) is 1. The Morgan fingerprint density at radius 2 is 2.00 bits per heavy atom. The van der Waals surface area contributed by atoms with Crippen LogP contribution in [0.3, 0.4) is 0 Å². The summed E-state index contributed by atoms with van der Waals surface area (Å²) in [4.78, 5) is 3.40. The molecule has 1 aromatic heterocycles. The summed E-state index contributed by atoms with van der Waals surface area (Å²) in [6.07, 6.45) is -3.62. The fourth-order valence-corrected chi connectivity index (χ4v) is 0.740. The maximum Gasteiger partial charge on any atom is 0.417 e. The van der Waals surface area contributed by atoms with Gasteiger partial charge in [-0.25, -0.2) is 4.98 Å². The fourth-order valence-electron chi connectivity index (χ4n) is 0.740. The van der Waals surface area contributed by atoms with E-state index in [0.717, 1.165) is 12.3 Å². The van der Waals surface area contributed by atoms with Crippen LogP contribution < -0.4 is 5.73 Å². The third kappa shape index (κ3) is 1.66. The third-order valence-electron chi connectivity index (χ3n) is 1.45. The summed E-state index contributed by atoms with van der Waals surface area (Å²) < 4.78 is 36.1. The van der Waals surface area contributed by atoms with Crippen LogP contribution in [0.1, 0.15) is 11.1 Å². The molecule has 12 heavy (non-hydrogen) atoms. The first-order valence-corrected chi connectivity index (χ1v) is 3.20. The summed E-state index contributed by atoms with van der Waals surface area (Å²) in [5, 5.41) is 0. The van der Waals surface area contributed by atoms with Crippen molar-refractivity contribution in [3.05, 3.63) is 23.4 Å². The molecule has 2 N–H and O–H groups in total. The average Bonchev–Trinajstić information content (AvgIpc) is 1.92. The SMILES string of the molecule is Cc1cc(C(F)(F)F)cnc1N. The van der Waals surface area contributed by atoms with Crippen LogP contribution >= 0.6 is 0 Å². The van der Waals surface area contributed by atoms with Gasteiger partial charge in [-0.3, -0.25) is 0 Å². The second-order valence-corrected chi connectivity index (χ2v) is 2.42. The molecule has 0 radical (unpaired) electrons. The number of nitrogen functional groups attached to an aromatic ring is 1. The van der Waals surface area contributed by atoms with E-state index in [1.165, 1.54) is 6.92 Å². The minimum Gasteiger partial charge on any atom is -0.383 e. The number of hydrogen-bond acceptors (Lipinski definition) is 2. The molecule has 0 aliphatic carbocycles. The predicted molar refractivity (Wildman–Crippen MR) is 38.4 cm³/mol. The highest BCUT2D eigenvalue weighted by Crippen LogP contribution is 2.29. The van der Waals surface area contributed by atoms with Crippen LogP contribution in [-0.4, -0.2) is 4.98 Å². The van der Waals surface area contributed by atoms with Crippen LogP contribution in [-0.2, 0) is 6.18 Å². The number of nitrogens with zero attached hydrogens (tertiary/aromatic N) is 1. The first-order chi connectivity index (χ1) is 5.41. The van der Waals surface area contributed by atoms with Crippen molar-refractivity contribution in [3.63, 3.8) is 0 Å². The Bertz CT molecular complexity index is 293. The lowest BCUT2D eigenvalue weighted by atomic mass is 10.2. The Morgan fingerprint density at radius 3 is 2.42 bits per heavy atom. The first-order valence-electron chi connectivity index (χ1n) is 3.20. The fraction of sp³-hybridized carbons (Fsp3) is 0.286. The highest BCUT2D eigenvalue weighted by atomic mass is 19.4. The van der Waals surface area contributed by atoms with E-state index in [4.69, 9.17) is 5.73 Å². The zero-order valence-electron chi connectivity index (χ0n) is 6.31. The van der Waals surface area contributed by atoms with Crippen molar-refractivity contribution in [3.8, 4) is 0 Å². The summed E-state index contributed by atoms with van der Waals surface area (Å²) >= 11 is 0. The molecule has 0 saturated heterocycles. The van der Waals surface area contributed by atoms with Crippen molar-refractivity contribution in [2.24, 2.45) is 0 Å². The highest BCUT2D eigenvalue weighted by Gasteiger charge is 2.31. The van der Waals surface area contributed by atoms with Crippen LogP contribution in [0, 0.1) is 6.92 Å². The molecule has 0 aromatic carbocycles. The number of rotatable bonds is 0. The van der Waals surface area contributed by atoms with Gasteiger partial charge in [-0.15, -0.1) is 0 Å². The zero-order chi connectivity index (χ0) is 9.35. The van der Waals surface area contributed by atoms with Gasteiger partial charge in [-0.2, -0.15) is 13.2 Å². The minimum absolute atomic E-state index is 0.128. The van der Waals surface area contributed by atoms with E-state index in [0.29, 0.717) is 5.56 Å². The van der Waals surface area contributed by atoms with E-state index in [9.17, 15) is 13.2 Å². The Labute approximate surface area is 67.2 Å². The molecule has 5 heteroatoms. The maximum atomic E-state index is 12.0. The van der Waals surface area contributed by atoms with Gasteiger partial charge in [0.25, 0.3) is 0 Å². The third-order valence-corrected chi connectivity index (χ3v) is 1.45. The normalized spacial score (nSPS) is 11.7. The lowest BCUT2D eigenvalue weighted by Crippen LogP contribution is -2.07. The van der Waals surface area contributed by atoms with Gasteiger partial charge in [0, 0.05) is 6.20 Å². The Balaban J connectivity index is 3.14. The molecule has 0 spiro atoms. The van der Waals surface area contributed by atoms with Gasteiger partial charge in [0.05, 0.1) is 5.56 Å². The van der Waals surface area contributed by atoms with Crippen molar-refractivity contribution in [1.29, 1.82) is 0 Å². The second-order valence-electron chi connectivity index (χ2n) is 2.42. The number of halogens is 3. The van der Waals surface area contributed by atoms with Gasteiger partial charge in [-0.05, 0) is 18.6 Å². The van der Waals surface area contributed by atoms with Crippen LogP contribution in [0.5, 0.6) is 0 Å². The molecule has 66 valence electrons. The zero-order valence-corrected chi connectivity index (χ0v) is 6.31. The quantitative estimate of drug-likeness (QED) is 0.656. The van der Waals surface area contributed by atoms with Crippen LogP contribution in [0.4, 0.5) is 19.0 Å². The molecule has 0 fully saturated rings. The molecular formula is C7H7F3N2. The molecule has 0 bridgehead atoms. The van der Waals surface area contributed by atoms with E-state index in [2.05, 4.69) is 4.98 Å². The summed E-state index contributed by atoms with van der Waals surface area (Å²) in [7, 11) is 0. The lowest BCUT2D eigenvalue weighted by Gasteiger charge is -2.07. The number of nitrogens with two attached hydrogens (primary N) is 1.